The van der Waals surface area contributed by atoms with Crippen molar-refractivity contribution in [1.82, 2.24) is 5.32 Å². The van der Waals surface area contributed by atoms with Gasteiger partial charge in [-0.15, -0.1) is 0 Å². The Hall–Kier alpha value is -2.25. The standard InChI is InChI=1S/C21H27ClN2O4S/c1-5-20(24(29(4,26)27)18-10-8-17(22)9-11-18)21(25)23-14-16-6-12-19(13-7-16)28-15(2)3/h6-13,15,20H,5,14H2,1-4H3,(H,23,25)/t20-/m1/s1. The summed E-state index contributed by atoms with van der Waals surface area (Å²) in [4.78, 5) is 12.8. The van der Waals surface area contributed by atoms with Gasteiger partial charge in [-0.3, -0.25) is 9.10 Å². The molecule has 0 radical (unpaired) electrons. The molecule has 0 saturated heterocycles. The number of hydrogen-bond acceptors (Lipinski definition) is 4. The Morgan fingerprint density at radius 2 is 1.69 bits per heavy atom. The minimum absolute atomic E-state index is 0.0840. The monoisotopic (exact) mass is 438 g/mol. The lowest BCUT2D eigenvalue weighted by molar-refractivity contribution is -0.122. The number of halogens is 1. The van der Waals surface area contributed by atoms with Crippen LogP contribution in [0.1, 0.15) is 32.8 Å². The van der Waals surface area contributed by atoms with E-state index in [1.807, 2.05) is 38.1 Å². The average Bonchev–Trinajstić information content (AvgIpc) is 2.65. The first-order chi connectivity index (χ1) is 13.6. The average molecular weight is 439 g/mol. The van der Waals surface area contributed by atoms with E-state index in [1.54, 1.807) is 31.2 Å². The van der Waals surface area contributed by atoms with Gasteiger partial charge in [0, 0.05) is 11.6 Å². The van der Waals surface area contributed by atoms with Gasteiger partial charge >= 0.3 is 0 Å². The number of rotatable bonds is 9. The minimum Gasteiger partial charge on any atom is -0.491 e. The molecule has 2 rings (SSSR count). The van der Waals surface area contributed by atoms with E-state index < -0.39 is 16.1 Å². The second-order valence-electron chi connectivity index (χ2n) is 6.99. The fourth-order valence-electron chi connectivity index (χ4n) is 2.91. The maximum atomic E-state index is 12.8. The molecule has 29 heavy (non-hydrogen) atoms. The van der Waals surface area contributed by atoms with Gasteiger partial charge in [0.15, 0.2) is 0 Å². The fourth-order valence-corrected chi connectivity index (χ4v) is 4.25. The fraction of sp³-hybridized carbons (Fsp3) is 0.381. The van der Waals surface area contributed by atoms with Crippen LogP contribution in [-0.4, -0.2) is 32.7 Å². The van der Waals surface area contributed by atoms with Crippen LogP contribution >= 0.6 is 11.6 Å². The molecule has 0 fully saturated rings. The van der Waals surface area contributed by atoms with E-state index in [0.29, 0.717) is 17.1 Å². The molecule has 8 heteroatoms. The Kier molecular flexibility index (Phi) is 7.93. The van der Waals surface area contributed by atoms with E-state index in [-0.39, 0.29) is 18.6 Å². The van der Waals surface area contributed by atoms with Gasteiger partial charge in [-0.1, -0.05) is 30.7 Å². The minimum atomic E-state index is -3.67. The number of nitrogens with zero attached hydrogens (tertiary/aromatic N) is 1. The number of sulfonamides is 1. The van der Waals surface area contributed by atoms with Crippen LogP contribution in [0.15, 0.2) is 48.5 Å². The molecule has 6 nitrogen and oxygen atoms in total. The smallest absolute Gasteiger partial charge is 0.244 e. The zero-order chi connectivity index (χ0) is 21.6. The summed E-state index contributed by atoms with van der Waals surface area (Å²) >= 11 is 5.91. The summed E-state index contributed by atoms with van der Waals surface area (Å²) in [7, 11) is -3.67. The van der Waals surface area contributed by atoms with Crippen molar-refractivity contribution in [2.24, 2.45) is 0 Å². The van der Waals surface area contributed by atoms with Crippen molar-refractivity contribution in [1.29, 1.82) is 0 Å². The molecule has 1 N–H and O–H groups in total. The molecule has 0 aliphatic carbocycles. The Bertz CT molecular complexity index is 913. The molecule has 0 aliphatic heterocycles. The maximum Gasteiger partial charge on any atom is 0.244 e. The quantitative estimate of drug-likeness (QED) is 0.642. The molecule has 0 aromatic heterocycles. The molecule has 158 valence electrons. The van der Waals surface area contributed by atoms with Crippen molar-refractivity contribution in [3.8, 4) is 5.75 Å². The van der Waals surface area contributed by atoms with E-state index in [4.69, 9.17) is 16.3 Å². The lowest BCUT2D eigenvalue weighted by Gasteiger charge is -2.30. The van der Waals surface area contributed by atoms with Crippen molar-refractivity contribution in [3.05, 3.63) is 59.1 Å². The van der Waals surface area contributed by atoms with E-state index in [1.165, 1.54) is 0 Å². The molecule has 0 bridgehead atoms. The van der Waals surface area contributed by atoms with Gasteiger partial charge in [0.1, 0.15) is 11.8 Å². The van der Waals surface area contributed by atoms with E-state index in [9.17, 15) is 13.2 Å². The molecular formula is C21H27ClN2O4S. The lowest BCUT2D eigenvalue weighted by Crippen LogP contribution is -2.49. The van der Waals surface area contributed by atoms with Crippen LogP contribution in [0.3, 0.4) is 0 Å². The predicted molar refractivity (Wildman–Crippen MR) is 117 cm³/mol. The molecular weight excluding hydrogens is 412 g/mol. The Labute approximate surface area is 177 Å². The highest BCUT2D eigenvalue weighted by Crippen LogP contribution is 2.24. The number of nitrogens with one attached hydrogen (secondary N) is 1. The van der Waals surface area contributed by atoms with Crippen LogP contribution in [0.25, 0.3) is 0 Å². The summed E-state index contributed by atoms with van der Waals surface area (Å²) in [6.07, 6.45) is 1.49. The highest BCUT2D eigenvalue weighted by atomic mass is 35.5. The zero-order valence-electron chi connectivity index (χ0n) is 17.1. The third kappa shape index (κ3) is 6.65. The summed E-state index contributed by atoms with van der Waals surface area (Å²) in [5.74, 6) is 0.392. The Balaban J connectivity index is 2.14. The lowest BCUT2D eigenvalue weighted by atomic mass is 10.1. The molecule has 0 saturated carbocycles. The first-order valence-electron chi connectivity index (χ1n) is 9.40. The summed E-state index contributed by atoms with van der Waals surface area (Å²) < 4.78 is 31.6. The van der Waals surface area contributed by atoms with Crippen LogP contribution in [0.4, 0.5) is 5.69 Å². The largest absolute Gasteiger partial charge is 0.491 e. The van der Waals surface area contributed by atoms with Gasteiger partial charge in [0.2, 0.25) is 15.9 Å². The molecule has 0 spiro atoms. The highest BCUT2D eigenvalue weighted by molar-refractivity contribution is 7.92. The molecule has 2 aromatic rings. The van der Waals surface area contributed by atoms with Crippen molar-refractivity contribution in [2.45, 2.75) is 45.9 Å². The Morgan fingerprint density at radius 3 is 2.17 bits per heavy atom. The molecule has 0 heterocycles. The number of hydrogen-bond donors (Lipinski definition) is 1. The van der Waals surface area contributed by atoms with Gasteiger partial charge in [0.05, 0.1) is 18.0 Å². The van der Waals surface area contributed by atoms with Gasteiger partial charge in [-0.05, 0) is 62.2 Å². The van der Waals surface area contributed by atoms with Crippen LogP contribution in [0.2, 0.25) is 5.02 Å². The van der Waals surface area contributed by atoms with Crippen LogP contribution < -0.4 is 14.4 Å². The maximum absolute atomic E-state index is 12.8. The van der Waals surface area contributed by atoms with Crippen molar-refractivity contribution >= 4 is 33.2 Å². The van der Waals surface area contributed by atoms with E-state index >= 15 is 0 Å². The third-order valence-electron chi connectivity index (χ3n) is 4.17. The third-order valence-corrected chi connectivity index (χ3v) is 5.60. The molecule has 0 unspecified atom stereocenters. The van der Waals surface area contributed by atoms with Gasteiger partial charge in [-0.25, -0.2) is 8.42 Å². The number of anilines is 1. The SMILES string of the molecule is CC[C@H](C(=O)NCc1ccc(OC(C)C)cc1)N(c1ccc(Cl)cc1)S(C)(=O)=O. The summed E-state index contributed by atoms with van der Waals surface area (Å²) in [6.45, 7) is 5.96. The van der Waals surface area contributed by atoms with E-state index in [0.717, 1.165) is 21.9 Å². The summed E-state index contributed by atoms with van der Waals surface area (Å²) in [6, 6.07) is 12.9. The van der Waals surface area contributed by atoms with Crippen LogP contribution in [0, 0.1) is 0 Å². The zero-order valence-corrected chi connectivity index (χ0v) is 18.6. The number of carbonyl (C=O) groups excluding carboxylic acids is 1. The van der Waals surface area contributed by atoms with E-state index in [2.05, 4.69) is 5.32 Å². The highest BCUT2D eigenvalue weighted by Gasteiger charge is 2.31. The molecule has 0 aliphatic rings. The summed E-state index contributed by atoms with van der Waals surface area (Å²) in [5, 5.41) is 3.32. The van der Waals surface area contributed by atoms with Gasteiger partial charge < -0.3 is 10.1 Å². The molecule has 1 amide bonds. The van der Waals surface area contributed by atoms with Crippen molar-refractivity contribution in [3.63, 3.8) is 0 Å². The number of carbonyl (C=O) groups is 1. The van der Waals surface area contributed by atoms with Gasteiger partial charge in [0.25, 0.3) is 0 Å². The second kappa shape index (κ2) is 9.98. The normalized spacial score (nSPS) is 12.5. The van der Waals surface area contributed by atoms with Crippen LogP contribution in [-0.2, 0) is 21.4 Å². The topological polar surface area (TPSA) is 75.7 Å². The number of ether oxygens (including phenoxy) is 1. The molecule has 1 atom stereocenters. The first kappa shape index (κ1) is 23.0. The van der Waals surface area contributed by atoms with Gasteiger partial charge in [-0.2, -0.15) is 0 Å². The Morgan fingerprint density at radius 1 is 1.10 bits per heavy atom. The predicted octanol–water partition coefficient (Wildman–Crippen LogP) is 3.99. The van der Waals surface area contributed by atoms with Crippen molar-refractivity contribution < 1.29 is 17.9 Å². The number of benzene rings is 2. The number of amides is 1. The molecule has 2 aromatic carbocycles. The van der Waals surface area contributed by atoms with Crippen LogP contribution in [0.5, 0.6) is 5.75 Å². The summed E-state index contributed by atoms with van der Waals surface area (Å²) in [5.41, 5.74) is 1.29. The van der Waals surface area contributed by atoms with Crippen molar-refractivity contribution in [2.75, 3.05) is 10.6 Å². The second-order valence-corrected chi connectivity index (χ2v) is 9.28. The first-order valence-corrected chi connectivity index (χ1v) is 11.6.